The van der Waals surface area contributed by atoms with Crippen LogP contribution < -0.4 is 5.56 Å². The molecule has 2 aromatic rings. The van der Waals surface area contributed by atoms with Crippen LogP contribution in [-0.4, -0.2) is 15.0 Å². The molecule has 0 radical (unpaired) electrons. The first kappa shape index (κ1) is 9.59. The van der Waals surface area contributed by atoms with Gasteiger partial charge in [0.1, 0.15) is 5.69 Å². The molecule has 0 unspecified atom stereocenters. The second-order valence-electron chi connectivity index (χ2n) is 3.55. The lowest BCUT2D eigenvalue weighted by molar-refractivity contribution is 1.02. The molecule has 0 spiro atoms. The minimum absolute atomic E-state index is 0.0318. The minimum atomic E-state index is -0.0318. The molecule has 1 N–H and O–H groups in total. The van der Waals surface area contributed by atoms with Crippen molar-refractivity contribution in [2.75, 3.05) is 0 Å². The predicted molar refractivity (Wildman–Crippen MR) is 63.1 cm³/mol. The fraction of sp³-hybridized carbons (Fsp3) is 0.182. The van der Waals surface area contributed by atoms with Crippen molar-refractivity contribution < 1.29 is 0 Å². The molecule has 0 saturated carbocycles. The van der Waals surface area contributed by atoms with Crippen LogP contribution in [0.2, 0.25) is 0 Å². The fourth-order valence-corrected chi connectivity index (χ4v) is 2.72. The molecule has 5 heteroatoms. The molecular formula is C11H9N3OS. The molecule has 2 aromatic heterocycles. The van der Waals surface area contributed by atoms with Crippen molar-refractivity contribution in [3.63, 3.8) is 0 Å². The van der Waals surface area contributed by atoms with Crippen molar-refractivity contribution >= 4 is 11.8 Å². The van der Waals surface area contributed by atoms with Gasteiger partial charge in [-0.05, 0) is 12.1 Å². The van der Waals surface area contributed by atoms with Crippen LogP contribution in [0.3, 0.4) is 0 Å². The molecule has 0 fully saturated rings. The maximum Gasteiger partial charge on any atom is 0.255 e. The smallest absolute Gasteiger partial charge is 0.255 e. The number of thioether (sulfide) groups is 1. The first-order valence-corrected chi connectivity index (χ1v) is 6.11. The molecule has 0 aromatic carbocycles. The zero-order chi connectivity index (χ0) is 11.0. The molecule has 1 aliphatic rings. The monoisotopic (exact) mass is 231 g/mol. The largest absolute Gasteiger partial charge is 0.305 e. The third-order valence-corrected chi connectivity index (χ3v) is 3.46. The van der Waals surface area contributed by atoms with Gasteiger partial charge < -0.3 is 4.98 Å². The van der Waals surface area contributed by atoms with Crippen molar-refractivity contribution in [2.45, 2.75) is 11.5 Å². The van der Waals surface area contributed by atoms with Crippen LogP contribution in [0.15, 0.2) is 29.2 Å². The Labute approximate surface area is 96.2 Å². The Morgan fingerprint density at radius 3 is 3.06 bits per heavy atom. The molecule has 0 amide bonds. The van der Waals surface area contributed by atoms with Gasteiger partial charge in [0.2, 0.25) is 0 Å². The first-order valence-electron chi connectivity index (χ1n) is 4.96. The SMILES string of the molecule is O=c1[nH]c(-c2ccccn2)nc2c1CSC2. The van der Waals surface area contributed by atoms with Gasteiger partial charge in [-0.15, -0.1) is 0 Å². The zero-order valence-corrected chi connectivity index (χ0v) is 9.25. The van der Waals surface area contributed by atoms with E-state index in [0.29, 0.717) is 11.5 Å². The summed E-state index contributed by atoms with van der Waals surface area (Å²) in [6.45, 7) is 0. The van der Waals surface area contributed by atoms with Crippen LogP contribution in [0.1, 0.15) is 11.3 Å². The number of nitrogens with zero attached hydrogens (tertiary/aromatic N) is 2. The van der Waals surface area contributed by atoms with Gasteiger partial charge >= 0.3 is 0 Å². The molecule has 3 heterocycles. The number of aromatic nitrogens is 3. The molecule has 80 valence electrons. The highest BCUT2D eigenvalue weighted by atomic mass is 32.2. The normalized spacial score (nSPS) is 13.8. The van der Waals surface area contributed by atoms with E-state index in [9.17, 15) is 4.79 Å². The van der Waals surface area contributed by atoms with E-state index in [4.69, 9.17) is 0 Å². The number of hydrogen-bond donors (Lipinski definition) is 1. The van der Waals surface area contributed by atoms with E-state index in [1.165, 1.54) is 0 Å². The van der Waals surface area contributed by atoms with Gasteiger partial charge in [0, 0.05) is 23.3 Å². The summed E-state index contributed by atoms with van der Waals surface area (Å²) in [5, 5.41) is 0. The Morgan fingerprint density at radius 2 is 2.25 bits per heavy atom. The van der Waals surface area contributed by atoms with Crippen molar-refractivity contribution in [1.82, 2.24) is 15.0 Å². The van der Waals surface area contributed by atoms with Crippen LogP contribution in [0.4, 0.5) is 0 Å². The van der Waals surface area contributed by atoms with Gasteiger partial charge in [0.25, 0.3) is 5.56 Å². The van der Waals surface area contributed by atoms with Crippen LogP contribution in [-0.2, 0) is 11.5 Å². The molecule has 0 bridgehead atoms. The summed E-state index contributed by atoms with van der Waals surface area (Å²) in [5.74, 6) is 2.14. The molecule has 0 saturated heterocycles. The Hall–Kier alpha value is -1.62. The first-order chi connectivity index (χ1) is 7.84. The Morgan fingerprint density at radius 1 is 1.31 bits per heavy atom. The number of rotatable bonds is 1. The van der Waals surface area contributed by atoms with Crippen molar-refractivity contribution in [3.8, 4) is 11.5 Å². The fourth-order valence-electron chi connectivity index (χ4n) is 1.69. The highest BCUT2D eigenvalue weighted by Crippen LogP contribution is 2.26. The average Bonchev–Trinajstić information content (AvgIpc) is 2.79. The van der Waals surface area contributed by atoms with E-state index in [-0.39, 0.29) is 5.56 Å². The standard InChI is InChI=1S/C11H9N3OS/c15-11-7-5-16-6-9(7)13-10(14-11)8-3-1-2-4-12-8/h1-4H,5-6H2,(H,13,14,15). The number of pyridine rings is 1. The summed E-state index contributed by atoms with van der Waals surface area (Å²) >= 11 is 1.72. The maximum atomic E-state index is 11.8. The second kappa shape index (κ2) is 3.75. The molecule has 4 nitrogen and oxygen atoms in total. The summed E-state index contributed by atoms with van der Waals surface area (Å²) in [6, 6.07) is 5.56. The molecule has 16 heavy (non-hydrogen) atoms. The van der Waals surface area contributed by atoms with E-state index in [1.807, 2.05) is 18.2 Å². The van der Waals surface area contributed by atoms with Gasteiger partial charge in [-0.3, -0.25) is 9.78 Å². The third kappa shape index (κ3) is 1.53. The number of nitrogens with one attached hydrogen (secondary N) is 1. The summed E-state index contributed by atoms with van der Waals surface area (Å²) < 4.78 is 0. The lowest BCUT2D eigenvalue weighted by Crippen LogP contribution is -2.15. The van der Waals surface area contributed by atoms with Gasteiger partial charge in [0.05, 0.1) is 5.69 Å². The summed E-state index contributed by atoms with van der Waals surface area (Å²) in [4.78, 5) is 23.2. The molecule has 0 atom stereocenters. The lowest BCUT2D eigenvalue weighted by atomic mass is 10.2. The lowest BCUT2D eigenvalue weighted by Gasteiger charge is -2.02. The van der Waals surface area contributed by atoms with E-state index in [2.05, 4.69) is 15.0 Å². The topological polar surface area (TPSA) is 58.6 Å². The van der Waals surface area contributed by atoms with Gasteiger partial charge in [-0.2, -0.15) is 11.8 Å². The van der Waals surface area contributed by atoms with E-state index in [0.717, 1.165) is 22.8 Å². The van der Waals surface area contributed by atoms with Crippen LogP contribution in [0.25, 0.3) is 11.5 Å². The summed E-state index contributed by atoms with van der Waals surface area (Å²) in [6.07, 6.45) is 1.69. The Balaban J connectivity index is 2.17. The maximum absolute atomic E-state index is 11.8. The molecule has 0 aliphatic carbocycles. The van der Waals surface area contributed by atoms with Crippen LogP contribution in [0.5, 0.6) is 0 Å². The summed E-state index contributed by atoms with van der Waals surface area (Å²) in [7, 11) is 0. The molecule has 3 rings (SSSR count). The average molecular weight is 231 g/mol. The number of hydrogen-bond acceptors (Lipinski definition) is 4. The highest BCUT2D eigenvalue weighted by molar-refractivity contribution is 7.98. The van der Waals surface area contributed by atoms with E-state index in [1.54, 1.807) is 18.0 Å². The van der Waals surface area contributed by atoms with Crippen LogP contribution >= 0.6 is 11.8 Å². The predicted octanol–water partition coefficient (Wildman–Crippen LogP) is 1.58. The Bertz CT molecular complexity index is 580. The Kier molecular flexibility index (Phi) is 2.25. The third-order valence-electron chi connectivity index (χ3n) is 2.49. The van der Waals surface area contributed by atoms with Gasteiger partial charge in [0.15, 0.2) is 5.82 Å². The number of aromatic amines is 1. The van der Waals surface area contributed by atoms with Gasteiger partial charge in [-0.25, -0.2) is 4.98 Å². The van der Waals surface area contributed by atoms with E-state index >= 15 is 0 Å². The number of H-pyrrole nitrogens is 1. The quantitative estimate of drug-likeness (QED) is 0.809. The summed E-state index contributed by atoms with van der Waals surface area (Å²) in [5.41, 5.74) is 2.38. The van der Waals surface area contributed by atoms with Crippen molar-refractivity contribution in [1.29, 1.82) is 0 Å². The van der Waals surface area contributed by atoms with Crippen molar-refractivity contribution in [2.24, 2.45) is 0 Å². The zero-order valence-electron chi connectivity index (χ0n) is 8.43. The second-order valence-corrected chi connectivity index (χ2v) is 4.53. The van der Waals surface area contributed by atoms with Gasteiger partial charge in [-0.1, -0.05) is 6.07 Å². The van der Waals surface area contributed by atoms with Crippen LogP contribution in [0, 0.1) is 0 Å². The minimum Gasteiger partial charge on any atom is -0.305 e. The van der Waals surface area contributed by atoms with E-state index < -0.39 is 0 Å². The van der Waals surface area contributed by atoms with Crippen molar-refractivity contribution in [3.05, 3.63) is 46.0 Å². The molecule has 1 aliphatic heterocycles. The highest BCUT2D eigenvalue weighted by Gasteiger charge is 2.18. The number of fused-ring (bicyclic) bond motifs is 1. The molecular weight excluding hydrogens is 222 g/mol.